The highest BCUT2D eigenvalue weighted by atomic mass is 15.3. The summed E-state index contributed by atoms with van der Waals surface area (Å²) in [6.07, 6.45) is 0. The number of hydrogen-bond donors (Lipinski definition) is 1. The summed E-state index contributed by atoms with van der Waals surface area (Å²) in [5.41, 5.74) is 2.38. The molecular formula is C12H16N4. The number of nitrogens with one attached hydrogen (secondary N) is 1. The predicted octanol–water partition coefficient (Wildman–Crippen LogP) is 2.04. The van der Waals surface area contributed by atoms with Gasteiger partial charge in [0.2, 0.25) is 0 Å². The van der Waals surface area contributed by atoms with Gasteiger partial charge in [-0.1, -0.05) is 18.2 Å². The topological polar surface area (TPSA) is 42.7 Å². The van der Waals surface area contributed by atoms with Gasteiger partial charge >= 0.3 is 0 Å². The first kappa shape index (κ1) is 10.7. The monoisotopic (exact) mass is 216 g/mol. The van der Waals surface area contributed by atoms with Crippen molar-refractivity contribution < 1.29 is 0 Å². The molecule has 1 N–H and O–H groups in total. The van der Waals surface area contributed by atoms with Gasteiger partial charge in [-0.3, -0.25) is 0 Å². The van der Waals surface area contributed by atoms with Gasteiger partial charge in [0.15, 0.2) is 5.82 Å². The average Bonchev–Trinajstić information content (AvgIpc) is 2.59. The molecule has 2 aromatic rings. The number of aryl methyl sites for hydroxylation is 2. The third-order valence-corrected chi connectivity index (χ3v) is 2.76. The van der Waals surface area contributed by atoms with Crippen molar-refractivity contribution in [3.8, 4) is 0 Å². The van der Waals surface area contributed by atoms with Crippen molar-refractivity contribution in [3.63, 3.8) is 0 Å². The minimum Gasteiger partial charge on any atom is -0.378 e. The minimum atomic E-state index is 0.697. The van der Waals surface area contributed by atoms with Gasteiger partial charge < -0.3 is 9.88 Å². The Hall–Kier alpha value is -1.84. The maximum atomic E-state index is 4.11. The summed E-state index contributed by atoms with van der Waals surface area (Å²) in [6, 6.07) is 8.22. The van der Waals surface area contributed by atoms with Gasteiger partial charge in [0.05, 0.1) is 6.54 Å². The molecule has 1 heterocycles. The van der Waals surface area contributed by atoms with Gasteiger partial charge in [-0.15, -0.1) is 10.2 Å². The fraction of sp³-hybridized carbons (Fsp3) is 0.333. The van der Waals surface area contributed by atoms with Gasteiger partial charge in [-0.05, 0) is 25.5 Å². The number of para-hydroxylation sites is 1. The standard InChI is InChI=1S/C12H16N4/c1-9-6-4-5-7-11(9)13-8-12-15-14-10(2)16(12)3/h4-7,13H,8H2,1-3H3. The number of nitrogens with zero attached hydrogens (tertiary/aromatic N) is 3. The van der Waals surface area contributed by atoms with Crippen LogP contribution in [0, 0.1) is 13.8 Å². The van der Waals surface area contributed by atoms with E-state index in [4.69, 9.17) is 0 Å². The van der Waals surface area contributed by atoms with E-state index in [0.29, 0.717) is 6.54 Å². The Morgan fingerprint density at radius 3 is 2.56 bits per heavy atom. The second kappa shape index (κ2) is 4.35. The van der Waals surface area contributed by atoms with E-state index in [-0.39, 0.29) is 0 Å². The Morgan fingerprint density at radius 1 is 1.19 bits per heavy atom. The molecule has 0 bridgehead atoms. The molecule has 0 aliphatic carbocycles. The molecule has 84 valence electrons. The summed E-state index contributed by atoms with van der Waals surface area (Å²) in [5.74, 6) is 1.88. The zero-order valence-electron chi connectivity index (χ0n) is 9.86. The van der Waals surface area contributed by atoms with E-state index in [1.165, 1.54) is 5.56 Å². The van der Waals surface area contributed by atoms with E-state index in [2.05, 4.69) is 34.6 Å². The molecule has 0 unspecified atom stereocenters. The molecule has 2 rings (SSSR count). The summed E-state index contributed by atoms with van der Waals surface area (Å²) >= 11 is 0. The molecule has 0 radical (unpaired) electrons. The Bertz CT molecular complexity index is 488. The van der Waals surface area contributed by atoms with Gasteiger partial charge in [0, 0.05) is 12.7 Å². The van der Waals surface area contributed by atoms with Crippen LogP contribution in [0.25, 0.3) is 0 Å². The highest BCUT2D eigenvalue weighted by Crippen LogP contribution is 2.13. The normalized spacial score (nSPS) is 10.4. The summed E-state index contributed by atoms with van der Waals surface area (Å²) in [7, 11) is 1.98. The van der Waals surface area contributed by atoms with Crippen LogP contribution in [0.2, 0.25) is 0 Å². The van der Waals surface area contributed by atoms with Crippen LogP contribution >= 0.6 is 0 Å². The van der Waals surface area contributed by atoms with Gasteiger partial charge in [0.1, 0.15) is 5.82 Å². The maximum Gasteiger partial charge on any atom is 0.152 e. The minimum absolute atomic E-state index is 0.697. The zero-order valence-corrected chi connectivity index (χ0v) is 9.86. The number of benzene rings is 1. The largest absolute Gasteiger partial charge is 0.378 e. The first-order valence-corrected chi connectivity index (χ1v) is 5.33. The molecule has 0 spiro atoms. The van der Waals surface area contributed by atoms with Crippen molar-refractivity contribution in [1.82, 2.24) is 14.8 Å². The fourth-order valence-electron chi connectivity index (χ4n) is 1.55. The van der Waals surface area contributed by atoms with Gasteiger partial charge in [0.25, 0.3) is 0 Å². The van der Waals surface area contributed by atoms with Crippen molar-refractivity contribution >= 4 is 5.69 Å². The van der Waals surface area contributed by atoms with Crippen LogP contribution in [0.4, 0.5) is 5.69 Å². The van der Waals surface area contributed by atoms with Gasteiger partial charge in [-0.2, -0.15) is 0 Å². The second-order valence-corrected chi connectivity index (χ2v) is 3.89. The highest BCUT2D eigenvalue weighted by Gasteiger charge is 2.04. The fourth-order valence-corrected chi connectivity index (χ4v) is 1.55. The van der Waals surface area contributed by atoms with Crippen molar-refractivity contribution in [3.05, 3.63) is 41.5 Å². The van der Waals surface area contributed by atoms with E-state index < -0.39 is 0 Å². The molecule has 0 aliphatic rings. The molecule has 1 aromatic heterocycles. The van der Waals surface area contributed by atoms with E-state index in [1.807, 2.05) is 30.7 Å². The van der Waals surface area contributed by atoms with Gasteiger partial charge in [-0.25, -0.2) is 0 Å². The first-order valence-electron chi connectivity index (χ1n) is 5.33. The van der Waals surface area contributed by atoms with Crippen LogP contribution < -0.4 is 5.32 Å². The quantitative estimate of drug-likeness (QED) is 0.853. The number of rotatable bonds is 3. The molecule has 0 saturated carbocycles. The van der Waals surface area contributed by atoms with Crippen LogP contribution in [0.1, 0.15) is 17.2 Å². The van der Waals surface area contributed by atoms with Crippen molar-refractivity contribution in [2.45, 2.75) is 20.4 Å². The molecule has 0 aliphatic heterocycles. The van der Waals surface area contributed by atoms with Crippen LogP contribution in [0.3, 0.4) is 0 Å². The van der Waals surface area contributed by atoms with E-state index in [0.717, 1.165) is 17.3 Å². The highest BCUT2D eigenvalue weighted by molar-refractivity contribution is 5.50. The lowest BCUT2D eigenvalue weighted by Gasteiger charge is -2.08. The third kappa shape index (κ3) is 2.05. The van der Waals surface area contributed by atoms with Crippen molar-refractivity contribution in [2.75, 3.05) is 5.32 Å². The molecule has 1 aromatic carbocycles. The van der Waals surface area contributed by atoms with E-state index >= 15 is 0 Å². The zero-order chi connectivity index (χ0) is 11.5. The van der Waals surface area contributed by atoms with Crippen molar-refractivity contribution in [2.24, 2.45) is 7.05 Å². The Balaban J connectivity index is 2.08. The number of anilines is 1. The average molecular weight is 216 g/mol. The molecular weight excluding hydrogens is 200 g/mol. The van der Waals surface area contributed by atoms with Crippen LogP contribution in [-0.4, -0.2) is 14.8 Å². The molecule has 4 nitrogen and oxygen atoms in total. The number of aromatic nitrogens is 3. The predicted molar refractivity (Wildman–Crippen MR) is 64.2 cm³/mol. The maximum absolute atomic E-state index is 4.11. The van der Waals surface area contributed by atoms with Crippen molar-refractivity contribution in [1.29, 1.82) is 0 Å². The molecule has 0 saturated heterocycles. The molecule has 4 heteroatoms. The second-order valence-electron chi connectivity index (χ2n) is 3.89. The molecule has 16 heavy (non-hydrogen) atoms. The Labute approximate surface area is 95.3 Å². The molecule has 0 fully saturated rings. The van der Waals surface area contributed by atoms with Crippen LogP contribution in [0.5, 0.6) is 0 Å². The molecule has 0 amide bonds. The Kier molecular flexibility index (Phi) is 2.90. The van der Waals surface area contributed by atoms with E-state index in [9.17, 15) is 0 Å². The van der Waals surface area contributed by atoms with Crippen LogP contribution in [0.15, 0.2) is 24.3 Å². The lowest BCUT2D eigenvalue weighted by molar-refractivity contribution is 0.789. The third-order valence-electron chi connectivity index (χ3n) is 2.76. The smallest absolute Gasteiger partial charge is 0.152 e. The lowest BCUT2D eigenvalue weighted by atomic mass is 10.2. The first-order chi connectivity index (χ1) is 7.68. The number of hydrogen-bond acceptors (Lipinski definition) is 3. The molecule has 0 atom stereocenters. The summed E-state index contributed by atoms with van der Waals surface area (Å²) in [4.78, 5) is 0. The summed E-state index contributed by atoms with van der Waals surface area (Å²) < 4.78 is 1.99. The SMILES string of the molecule is Cc1ccccc1NCc1nnc(C)n1C. The Morgan fingerprint density at radius 2 is 1.94 bits per heavy atom. The summed E-state index contributed by atoms with van der Waals surface area (Å²) in [6.45, 7) is 4.73. The summed E-state index contributed by atoms with van der Waals surface area (Å²) in [5, 5.41) is 11.5. The lowest BCUT2D eigenvalue weighted by Crippen LogP contribution is -2.07. The van der Waals surface area contributed by atoms with Crippen LogP contribution in [-0.2, 0) is 13.6 Å². The van der Waals surface area contributed by atoms with E-state index in [1.54, 1.807) is 0 Å².